The largest absolute Gasteiger partial charge is 0.497 e. The number of hydrogen-bond acceptors (Lipinski definition) is 7. The van der Waals surface area contributed by atoms with E-state index in [0.29, 0.717) is 22.7 Å². The predicted octanol–water partition coefficient (Wildman–Crippen LogP) is 3.16. The van der Waals surface area contributed by atoms with Crippen molar-refractivity contribution in [1.82, 2.24) is 15.1 Å². The third kappa shape index (κ3) is 4.81. The summed E-state index contributed by atoms with van der Waals surface area (Å²) in [5.74, 6) is 1.73. The van der Waals surface area contributed by atoms with Crippen molar-refractivity contribution in [3.63, 3.8) is 0 Å². The molecule has 0 atom stereocenters. The summed E-state index contributed by atoms with van der Waals surface area (Å²) in [6, 6.07) is 16.6. The second-order valence-electron chi connectivity index (χ2n) is 7.66. The number of hydrogen-bond donors (Lipinski definition) is 1. The van der Waals surface area contributed by atoms with E-state index >= 15 is 0 Å². The molecule has 0 spiro atoms. The van der Waals surface area contributed by atoms with Gasteiger partial charge in [-0.1, -0.05) is 12.1 Å². The van der Waals surface area contributed by atoms with Gasteiger partial charge in [-0.2, -0.15) is 0 Å². The van der Waals surface area contributed by atoms with E-state index in [9.17, 15) is 4.79 Å². The predicted molar refractivity (Wildman–Crippen MR) is 125 cm³/mol. The molecular formula is C24H27N5O3. The Labute approximate surface area is 187 Å². The second kappa shape index (κ2) is 9.65. The number of ether oxygens (including phenoxy) is 2. The molecule has 1 N–H and O–H groups in total. The summed E-state index contributed by atoms with van der Waals surface area (Å²) in [7, 11) is 5.22. The third-order valence-electron chi connectivity index (χ3n) is 5.57. The summed E-state index contributed by atoms with van der Waals surface area (Å²) >= 11 is 0. The number of carbonyl (C=O) groups is 1. The average Bonchev–Trinajstić information content (AvgIpc) is 2.84. The minimum absolute atomic E-state index is 0.256. The fourth-order valence-electron chi connectivity index (χ4n) is 3.59. The molecule has 3 aromatic rings. The maximum Gasteiger partial charge on any atom is 0.259 e. The Morgan fingerprint density at radius 3 is 2.28 bits per heavy atom. The summed E-state index contributed by atoms with van der Waals surface area (Å²) in [5.41, 5.74) is 2.83. The van der Waals surface area contributed by atoms with Crippen LogP contribution in [0.15, 0.2) is 54.6 Å². The second-order valence-corrected chi connectivity index (χ2v) is 7.66. The number of piperazine rings is 1. The molecule has 4 rings (SSSR count). The van der Waals surface area contributed by atoms with Gasteiger partial charge < -0.3 is 24.6 Å². The topological polar surface area (TPSA) is 79.8 Å². The van der Waals surface area contributed by atoms with Crippen molar-refractivity contribution in [3.05, 3.63) is 60.2 Å². The van der Waals surface area contributed by atoms with E-state index in [0.717, 1.165) is 43.3 Å². The van der Waals surface area contributed by atoms with Crippen LogP contribution in [-0.4, -0.2) is 68.5 Å². The molecule has 2 heterocycles. The van der Waals surface area contributed by atoms with Crippen molar-refractivity contribution >= 4 is 17.4 Å². The van der Waals surface area contributed by atoms with Gasteiger partial charge in [0.05, 0.1) is 25.5 Å². The Bertz CT molecular complexity index is 1060. The molecule has 0 unspecified atom stereocenters. The Morgan fingerprint density at radius 1 is 0.906 bits per heavy atom. The van der Waals surface area contributed by atoms with Crippen molar-refractivity contribution in [2.45, 2.75) is 0 Å². The molecule has 0 bridgehead atoms. The first-order valence-electron chi connectivity index (χ1n) is 10.5. The van der Waals surface area contributed by atoms with Gasteiger partial charge in [-0.3, -0.25) is 4.79 Å². The van der Waals surface area contributed by atoms with E-state index in [2.05, 4.69) is 32.4 Å². The van der Waals surface area contributed by atoms with Crippen LogP contribution < -0.4 is 19.7 Å². The number of nitrogens with zero attached hydrogens (tertiary/aromatic N) is 4. The van der Waals surface area contributed by atoms with E-state index in [1.807, 2.05) is 36.4 Å². The lowest BCUT2D eigenvalue weighted by Gasteiger charge is -2.32. The number of rotatable bonds is 6. The quantitative estimate of drug-likeness (QED) is 0.640. The molecular weight excluding hydrogens is 406 g/mol. The monoisotopic (exact) mass is 433 g/mol. The molecule has 8 heteroatoms. The van der Waals surface area contributed by atoms with Gasteiger partial charge in [-0.15, -0.1) is 10.2 Å². The Hall–Kier alpha value is -3.65. The van der Waals surface area contributed by atoms with Crippen LogP contribution in [0.3, 0.4) is 0 Å². The molecule has 8 nitrogen and oxygen atoms in total. The Morgan fingerprint density at radius 2 is 1.66 bits per heavy atom. The molecule has 1 aliphatic rings. The lowest BCUT2D eigenvalue weighted by molar-refractivity contribution is 0.102. The van der Waals surface area contributed by atoms with Crippen LogP contribution in [0.25, 0.3) is 11.3 Å². The van der Waals surface area contributed by atoms with E-state index in [4.69, 9.17) is 9.47 Å². The summed E-state index contributed by atoms with van der Waals surface area (Å²) in [6.45, 7) is 3.97. The van der Waals surface area contributed by atoms with E-state index in [1.54, 1.807) is 25.3 Å². The fraction of sp³-hybridized carbons (Fsp3) is 0.292. The number of aromatic nitrogens is 2. The molecule has 0 aliphatic carbocycles. The highest BCUT2D eigenvalue weighted by Crippen LogP contribution is 2.26. The molecule has 1 aromatic heterocycles. The van der Waals surface area contributed by atoms with Gasteiger partial charge in [0.15, 0.2) is 5.82 Å². The van der Waals surface area contributed by atoms with Gasteiger partial charge in [0.2, 0.25) is 0 Å². The van der Waals surface area contributed by atoms with Gasteiger partial charge >= 0.3 is 0 Å². The molecule has 0 saturated carbocycles. The summed E-state index contributed by atoms with van der Waals surface area (Å²) < 4.78 is 10.5. The van der Waals surface area contributed by atoms with Crippen molar-refractivity contribution < 1.29 is 14.3 Å². The third-order valence-corrected chi connectivity index (χ3v) is 5.57. The first kappa shape index (κ1) is 21.6. The minimum atomic E-state index is -0.256. The number of anilines is 2. The van der Waals surface area contributed by atoms with Gasteiger partial charge in [0.1, 0.15) is 11.5 Å². The van der Waals surface area contributed by atoms with Crippen LogP contribution in [0.4, 0.5) is 11.5 Å². The van der Waals surface area contributed by atoms with Crippen molar-refractivity contribution in [2.24, 2.45) is 0 Å². The maximum absolute atomic E-state index is 12.7. The zero-order valence-corrected chi connectivity index (χ0v) is 18.5. The zero-order chi connectivity index (χ0) is 22.5. The van der Waals surface area contributed by atoms with Crippen LogP contribution in [0, 0.1) is 0 Å². The smallest absolute Gasteiger partial charge is 0.259 e. The van der Waals surface area contributed by atoms with Crippen LogP contribution in [0.2, 0.25) is 0 Å². The molecule has 166 valence electrons. The molecule has 1 amide bonds. The van der Waals surface area contributed by atoms with Crippen molar-refractivity contribution in [2.75, 3.05) is 57.7 Å². The molecule has 2 aromatic carbocycles. The van der Waals surface area contributed by atoms with Gasteiger partial charge in [0.25, 0.3) is 5.91 Å². The first-order valence-corrected chi connectivity index (χ1v) is 10.5. The first-order chi connectivity index (χ1) is 15.6. The lowest BCUT2D eigenvalue weighted by atomic mass is 10.1. The number of nitrogens with one attached hydrogen (secondary N) is 1. The summed E-state index contributed by atoms with van der Waals surface area (Å²) in [5, 5.41) is 11.7. The molecule has 1 fully saturated rings. The van der Waals surface area contributed by atoms with Crippen LogP contribution in [0.5, 0.6) is 11.5 Å². The molecule has 1 aliphatic heterocycles. The Balaban J connectivity index is 1.42. The number of carbonyl (C=O) groups excluding carboxylic acids is 1. The van der Waals surface area contributed by atoms with Crippen LogP contribution in [-0.2, 0) is 0 Å². The molecule has 1 saturated heterocycles. The summed E-state index contributed by atoms with van der Waals surface area (Å²) in [6.07, 6.45) is 0. The normalized spacial score (nSPS) is 14.2. The van der Waals surface area contributed by atoms with Crippen LogP contribution in [0.1, 0.15) is 10.4 Å². The standard InChI is InChI=1S/C24H27N5O3/c1-28-12-14-29(15-13-28)23-11-10-21(26-27-23)17-4-6-18(7-5-17)25-24(30)20-9-8-19(31-2)16-22(20)32-3/h4-11,16H,12-15H2,1-3H3,(H,25,30). The van der Waals surface area contributed by atoms with E-state index in [-0.39, 0.29) is 5.91 Å². The highest BCUT2D eigenvalue weighted by atomic mass is 16.5. The number of methoxy groups -OCH3 is 2. The van der Waals surface area contributed by atoms with Crippen LogP contribution >= 0.6 is 0 Å². The average molecular weight is 434 g/mol. The zero-order valence-electron chi connectivity index (χ0n) is 18.5. The summed E-state index contributed by atoms with van der Waals surface area (Å²) in [4.78, 5) is 17.3. The van der Waals surface area contributed by atoms with Crippen molar-refractivity contribution in [1.29, 1.82) is 0 Å². The molecule has 0 radical (unpaired) electrons. The maximum atomic E-state index is 12.7. The van der Waals surface area contributed by atoms with Crippen molar-refractivity contribution in [3.8, 4) is 22.8 Å². The molecule has 32 heavy (non-hydrogen) atoms. The minimum Gasteiger partial charge on any atom is -0.497 e. The number of benzene rings is 2. The Kier molecular flexibility index (Phi) is 6.51. The highest BCUT2D eigenvalue weighted by Gasteiger charge is 2.16. The van der Waals surface area contributed by atoms with Gasteiger partial charge in [-0.05, 0) is 43.4 Å². The van der Waals surface area contributed by atoms with E-state index < -0.39 is 0 Å². The SMILES string of the molecule is COc1ccc(C(=O)Nc2ccc(-c3ccc(N4CCN(C)CC4)nn3)cc2)c(OC)c1. The van der Waals surface area contributed by atoms with Gasteiger partial charge in [-0.25, -0.2) is 0 Å². The lowest BCUT2D eigenvalue weighted by Crippen LogP contribution is -2.44. The van der Waals surface area contributed by atoms with E-state index in [1.165, 1.54) is 7.11 Å². The number of amides is 1. The van der Waals surface area contributed by atoms with Gasteiger partial charge in [0, 0.05) is 43.5 Å². The highest BCUT2D eigenvalue weighted by molar-refractivity contribution is 6.06. The number of likely N-dealkylation sites (N-methyl/N-ethyl adjacent to an activating group) is 1. The fourth-order valence-corrected chi connectivity index (χ4v) is 3.59.